The molecule has 0 saturated carbocycles. The average Bonchev–Trinajstić information content (AvgIpc) is 3.32. The summed E-state index contributed by atoms with van der Waals surface area (Å²) < 4.78 is 3.82. The van der Waals surface area contributed by atoms with Gasteiger partial charge in [-0.1, -0.05) is 36.5 Å². The number of aromatic nitrogens is 3. The van der Waals surface area contributed by atoms with E-state index in [0.29, 0.717) is 11.4 Å². The van der Waals surface area contributed by atoms with E-state index in [1.165, 1.54) is 4.90 Å². The van der Waals surface area contributed by atoms with Crippen molar-refractivity contribution in [2.45, 2.75) is 52.1 Å². The summed E-state index contributed by atoms with van der Waals surface area (Å²) in [4.78, 5) is 33.0. The molecule has 0 spiro atoms. The normalized spacial score (nSPS) is 12.3. The van der Waals surface area contributed by atoms with E-state index < -0.39 is 17.5 Å². The molecule has 8 heteroatoms. The second-order valence-electron chi connectivity index (χ2n) is 7.87. The van der Waals surface area contributed by atoms with Crippen molar-refractivity contribution < 1.29 is 9.59 Å². The molecule has 1 atom stereocenters. The Kier molecular flexibility index (Phi) is 7.12. The summed E-state index contributed by atoms with van der Waals surface area (Å²) in [6.45, 7) is 7.97. The molecular weight excluding hydrogens is 410 g/mol. The lowest BCUT2D eigenvalue weighted by Gasteiger charge is -2.33. The molecule has 0 radical (unpaired) electrons. The molecule has 0 saturated heterocycles. The second kappa shape index (κ2) is 9.78. The van der Waals surface area contributed by atoms with Crippen LogP contribution in [0.25, 0.3) is 0 Å². The van der Waals surface area contributed by atoms with E-state index in [4.69, 9.17) is 0 Å². The zero-order chi connectivity index (χ0) is 22.4. The van der Waals surface area contributed by atoms with Gasteiger partial charge in [-0.15, -0.1) is 5.10 Å². The molecule has 162 valence electrons. The lowest BCUT2D eigenvalue weighted by atomic mass is 10.00. The van der Waals surface area contributed by atoms with E-state index in [-0.39, 0.29) is 11.6 Å². The van der Waals surface area contributed by atoms with Gasteiger partial charge in [0.25, 0.3) is 5.91 Å². The van der Waals surface area contributed by atoms with Crippen molar-refractivity contribution in [3.8, 4) is 0 Å². The van der Waals surface area contributed by atoms with Crippen molar-refractivity contribution in [2.75, 3.05) is 4.90 Å². The third kappa shape index (κ3) is 5.32. The maximum absolute atomic E-state index is 13.6. The van der Waals surface area contributed by atoms with Gasteiger partial charge in [0, 0.05) is 22.8 Å². The van der Waals surface area contributed by atoms with Crippen LogP contribution in [0.2, 0.25) is 0 Å². The maximum atomic E-state index is 13.6. The third-order valence-electron chi connectivity index (χ3n) is 5.24. The fourth-order valence-corrected chi connectivity index (χ4v) is 3.50. The second-order valence-corrected chi connectivity index (χ2v) is 8.48. The summed E-state index contributed by atoms with van der Waals surface area (Å²) in [5.41, 5.74) is 1.95. The highest BCUT2D eigenvalue weighted by Crippen LogP contribution is 2.30. The van der Waals surface area contributed by atoms with Gasteiger partial charge in [-0.3, -0.25) is 19.5 Å². The highest BCUT2D eigenvalue weighted by Gasteiger charge is 2.37. The Hall–Kier alpha value is -3.13. The number of anilines is 1. The number of carbonyl (C=O) groups is 2. The van der Waals surface area contributed by atoms with E-state index in [0.717, 1.165) is 29.9 Å². The highest BCUT2D eigenvalue weighted by molar-refractivity contribution is 7.03. The van der Waals surface area contributed by atoms with Crippen LogP contribution in [0.1, 0.15) is 61.9 Å². The van der Waals surface area contributed by atoms with Gasteiger partial charge in [-0.2, -0.15) is 0 Å². The van der Waals surface area contributed by atoms with E-state index in [9.17, 15) is 9.59 Å². The first-order valence-corrected chi connectivity index (χ1v) is 11.1. The van der Waals surface area contributed by atoms with Crippen molar-refractivity contribution in [3.63, 3.8) is 0 Å². The number of aryl methyl sites for hydroxylation is 1. The minimum atomic E-state index is -0.964. The molecule has 0 bridgehead atoms. The van der Waals surface area contributed by atoms with Gasteiger partial charge < -0.3 is 5.32 Å². The molecule has 1 N–H and O–H groups in total. The molecule has 2 amide bonds. The Morgan fingerprint density at radius 3 is 2.42 bits per heavy atom. The van der Waals surface area contributed by atoms with Gasteiger partial charge in [0.2, 0.25) is 5.91 Å². The Morgan fingerprint density at radius 1 is 1.13 bits per heavy atom. The Labute approximate surface area is 186 Å². The van der Waals surface area contributed by atoms with Crippen LogP contribution in [0.15, 0.2) is 54.0 Å². The number of rotatable bonds is 8. The van der Waals surface area contributed by atoms with Crippen molar-refractivity contribution in [1.29, 1.82) is 0 Å². The van der Waals surface area contributed by atoms with Gasteiger partial charge in [-0.05, 0) is 68.1 Å². The first kappa shape index (κ1) is 22.6. The minimum Gasteiger partial charge on any atom is -0.349 e. The molecule has 0 aliphatic rings. The topological polar surface area (TPSA) is 88.1 Å². The smallest absolute Gasteiger partial charge is 0.280 e. The van der Waals surface area contributed by atoms with Crippen LogP contribution in [0.5, 0.6) is 0 Å². The molecule has 1 aromatic carbocycles. The molecule has 0 unspecified atom stereocenters. The first-order chi connectivity index (χ1) is 14.9. The van der Waals surface area contributed by atoms with Gasteiger partial charge in [-0.25, -0.2) is 0 Å². The standard InChI is InChI=1S/C23H27N5O2S/c1-5-16-10-12-17(13-11-16)28(22(30)19-15-31-27-26-19)20(18-9-7-8-14-24-18)21(29)25-23(3,4)6-2/h7-15,20H,5-6H2,1-4H3,(H,25,29)/t20-/m0/s1. The molecule has 0 fully saturated rings. The fraction of sp³-hybridized carbons (Fsp3) is 0.348. The van der Waals surface area contributed by atoms with Crippen LogP contribution in [0.4, 0.5) is 5.69 Å². The number of hydrogen-bond donors (Lipinski definition) is 1. The average molecular weight is 438 g/mol. The SMILES string of the molecule is CCc1ccc(N(C(=O)c2csnn2)[C@H](C(=O)NC(C)(C)CC)c2ccccn2)cc1. The summed E-state index contributed by atoms with van der Waals surface area (Å²) in [5.74, 6) is -0.709. The maximum Gasteiger partial charge on any atom is 0.280 e. The van der Waals surface area contributed by atoms with Crippen LogP contribution < -0.4 is 10.2 Å². The van der Waals surface area contributed by atoms with Crippen LogP contribution in [0, 0.1) is 0 Å². The molecule has 7 nitrogen and oxygen atoms in total. The minimum absolute atomic E-state index is 0.188. The van der Waals surface area contributed by atoms with E-state index in [2.05, 4.69) is 26.8 Å². The Balaban J connectivity index is 2.13. The van der Waals surface area contributed by atoms with E-state index in [1.54, 1.807) is 29.8 Å². The zero-order valence-electron chi connectivity index (χ0n) is 18.2. The molecule has 0 aliphatic carbocycles. The quantitative estimate of drug-likeness (QED) is 0.571. The number of benzene rings is 1. The van der Waals surface area contributed by atoms with Crippen molar-refractivity contribution >= 4 is 29.0 Å². The predicted octanol–water partition coefficient (Wildman–Crippen LogP) is 4.19. The van der Waals surface area contributed by atoms with Crippen LogP contribution in [0.3, 0.4) is 0 Å². The molecule has 2 aromatic heterocycles. The molecule has 2 heterocycles. The fourth-order valence-electron chi connectivity index (χ4n) is 3.07. The number of hydrogen-bond acceptors (Lipinski definition) is 6. The number of amides is 2. The van der Waals surface area contributed by atoms with Crippen molar-refractivity contribution in [2.24, 2.45) is 0 Å². The van der Waals surface area contributed by atoms with E-state index >= 15 is 0 Å². The Morgan fingerprint density at radius 2 is 1.87 bits per heavy atom. The Bertz CT molecular complexity index is 1000. The third-order valence-corrected chi connectivity index (χ3v) is 5.75. The van der Waals surface area contributed by atoms with Crippen LogP contribution in [-0.2, 0) is 11.2 Å². The summed E-state index contributed by atoms with van der Waals surface area (Å²) in [5, 5.41) is 8.60. The summed E-state index contributed by atoms with van der Waals surface area (Å²) in [6.07, 6.45) is 3.23. The van der Waals surface area contributed by atoms with Crippen molar-refractivity contribution in [1.82, 2.24) is 19.9 Å². The number of carbonyl (C=O) groups excluding carboxylic acids is 2. The summed E-state index contributed by atoms with van der Waals surface area (Å²) in [6, 6.07) is 12.0. The lowest BCUT2D eigenvalue weighted by Crippen LogP contribution is -2.50. The molecule has 31 heavy (non-hydrogen) atoms. The summed E-state index contributed by atoms with van der Waals surface area (Å²) in [7, 11) is 0. The number of nitrogens with zero attached hydrogens (tertiary/aromatic N) is 4. The van der Waals surface area contributed by atoms with Crippen LogP contribution >= 0.6 is 11.5 Å². The van der Waals surface area contributed by atoms with E-state index in [1.807, 2.05) is 45.0 Å². The number of pyridine rings is 1. The van der Waals surface area contributed by atoms with Crippen molar-refractivity contribution in [3.05, 3.63) is 71.0 Å². The molecule has 0 aliphatic heterocycles. The predicted molar refractivity (Wildman–Crippen MR) is 122 cm³/mol. The molecule has 3 aromatic rings. The van der Waals surface area contributed by atoms with Gasteiger partial charge in [0.1, 0.15) is 0 Å². The summed E-state index contributed by atoms with van der Waals surface area (Å²) >= 11 is 1.09. The zero-order valence-corrected chi connectivity index (χ0v) is 19.0. The van der Waals surface area contributed by atoms with Gasteiger partial charge >= 0.3 is 0 Å². The first-order valence-electron chi connectivity index (χ1n) is 10.3. The monoisotopic (exact) mass is 437 g/mol. The van der Waals surface area contributed by atoms with Gasteiger partial charge in [0.05, 0.1) is 5.69 Å². The van der Waals surface area contributed by atoms with Gasteiger partial charge in [0.15, 0.2) is 11.7 Å². The number of nitrogens with one attached hydrogen (secondary N) is 1. The van der Waals surface area contributed by atoms with Crippen LogP contribution in [-0.4, -0.2) is 31.9 Å². The molecular formula is C23H27N5O2S. The highest BCUT2D eigenvalue weighted by atomic mass is 32.1. The lowest BCUT2D eigenvalue weighted by molar-refractivity contribution is -0.124. The largest absolute Gasteiger partial charge is 0.349 e. The molecule has 3 rings (SSSR count).